The molecule has 2 N–H and O–H groups in total. The van der Waals surface area contributed by atoms with Crippen LogP contribution in [0.1, 0.15) is 11.1 Å². The third-order valence-electron chi connectivity index (χ3n) is 1.79. The normalized spacial score (nSPS) is 18.7. The molecule has 1 aromatic rings. The topological polar surface area (TPSA) is 38.4 Å². The van der Waals surface area contributed by atoms with E-state index in [2.05, 4.69) is 4.99 Å². The number of rotatable bonds is 0. The van der Waals surface area contributed by atoms with Crippen molar-refractivity contribution >= 4 is 29.0 Å². The van der Waals surface area contributed by atoms with Crippen LogP contribution in [0.2, 0.25) is 0 Å². The van der Waals surface area contributed by atoms with Crippen molar-refractivity contribution in [3.05, 3.63) is 35.4 Å². The van der Waals surface area contributed by atoms with E-state index in [1.807, 2.05) is 24.3 Å². The Kier molecular flexibility index (Phi) is 1.56. The van der Waals surface area contributed by atoms with E-state index in [9.17, 15) is 0 Å². The number of aliphatic imine (C=N–C) groups is 1. The monoisotopic (exact) mass is 200 g/mol. The first-order chi connectivity index (χ1) is 5.61. The molecule has 0 amide bonds. The molecular weight excluding hydrogens is 195 g/mol. The van der Waals surface area contributed by atoms with Gasteiger partial charge in [-0.1, -0.05) is 47.5 Å². The molecule has 0 atom stereocenters. The summed E-state index contributed by atoms with van der Waals surface area (Å²) in [5, 5.41) is 0. The lowest BCUT2D eigenvalue weighted by Crippen LogP contribution is -2.09. The van der Waals surface area contributed by atoms with E-state index in [4.69, 9.17) is 28.9 Å². The van der Waals surface area contributed by atoms with Gasteiger partial charge in [-0.05, 0) is 0 Å². The van der Waals surface area contributed by atoms with Crippen LogP contribution in [-0.4, -0.2) is 5.84 Å². The molecule has 1 heterocycles. The second-order valence-corrected chi connectivity index (χ2v) is 3.87. The zero-order valence-electron chi connectivity index (χ0n) is 6.09. The molecule has 0 aliphatic carbocycles. The second-order valence-electron chi connectivity index (χ2n) is 2.58. The van der Waals surface area contributed by atoms with E-state index in [1.165, 1.54) is 0 Å². The van der Waals surface area contributed by atoms with Gasteiger partial charge in [0.2, 0.25) is 4.46 Å². The first-order valence-corrected chi connectivity index (χ1v) is 4.20. The standard InChI is InChI=1S/C8H6Cl2N2/c9-8(10)6-4-2-1-3-5(6)7(11)12-8/h1-4H,(H2,11,12). The predicted octanol–water partition coefficient (Wildman–Crippen LogP) is 1.99. The van der Waals surface area contributed by atoms with Crippen molar-refractivity contribution in [1.82, 2.24) is 0 Å². The van der Waals surface area contributed by atoms with Crippen molar-refractivity contribution in [2.75, 3.05) is 0 Å². The summed E-state index contributed by atoms with van der Waals surface area (Å²) in [6.45, 7) is 0. The molecule has 0 aromatic heterocycles. The van der Waals surface area contributed by atoms with Gasteiger partial charge in [0.15, 0.2) is 0 Å². The van der Waals surface area contributed by atoms with Crippen molar-refractivity contribution < 1.29 is 0 Å². The summed E-state index contributed by atoms with van der Waals surface area (Å²) >= 11 is 11.8. The predicted molar refractivity (Wildman–Crippen MR) is 50.6 cm³/mol. The van der Waals surface area contributed by atoms with E-state index in [0.29, 0.717) is 5.84 Å². The summed E-state index contributed by atoms with van der Waals surface area (Å²) in [7, 11) is 0. The van der Waals surface area contributed by atoms with E-state index in [1.54, 1.807) is 0 Å². The van der Waals surface area contributed by atoms with Gasteiger partial charge in [0.25, 0.3) is 0 Å². The highest BCUT2D eigenvalue weighted by molar-refractivity contribution is 6.49. The number of hydrogen-bond donors (Lipinski definition) is 1. The minimum Gasteiger partial charge on any atom is -0.383 e. The molecule has 2 nitrogen and oxygen atoms in total. The molecule has 0 bridgehead atoms. The molecule has 2 rings (SSSR count). The van der Waals surface area contributed by atoms with Gasteiger partial charge in [-0.3, -0.25) is 0 Å². The number of fused-ring (bicyclic) bond motifs is 1. The Morgan fingerprint density at radius 2 is 1.92 bits per heavy atom. The van der Waals surface area contributed by atoms with E-state index < -0.39 is 4.46 Å². The molecule has 1 aliphatic heterocycles. The highest BCUT2D eigenvalue weighted by Crippen LogP contribution is 2.41. The third-order valence-corrected chi connectivity index (χ3v) is 2.36. The molecule has 1 aliphatic rings. The fourth-order valence-corrected chi connectivity index (χ4v) is 1.75. The summed E-state index contributed by atoms with van der Waals surface area (Å²) in [5.41, 5.74) is 7.18. The lowest BCUT2D eigenvalue weighted by Gasteiger charge is -2.08. The van der Waals surface area contributed by atoms with Crippen molar-refractivity contribution in [3.8, 4) is 0 Å². The number of nitrogens with zero attached hydrogens (tertiary/aromatic N) is 1. The molecular formula is C8H6Cl2N2. The Morgan fingerprint density at radius 1 is 1.25 bits per heavy atom. The van der Waals surface area contributed by atoms with Crippen LogP contribution in [0.5, 0.6) is 0 Å². The minimum atomic E-state index is -1.19. The molecule has 62 valence electrons. The molecule has 0 saturated carbocycles. The number of hydrogen-bond acceptors (Lipinski definition) is 2. The van der Waals surface area contributed by atoms with Crippen LogP contribution < -0.4 is 5.73 Å². The Balaban J connectivity index is 2.68. The molecule has 4 heteroatoms. The van der Waals surface area contributed by atoms with Crippen LogP contribution in [0, 0.1) is 0 Å². The van der Waals surface area contributed by atoms with Gasteiger partial charge in [-0.2, -0.15) is 0 Å². The van der Waals surface area contributed by atoms with Gasteiger partial charge in [0, 0.05) is 11.1 Å². The summed E-state index contributed by atoms with van der Waals surface area (Å²) < 4.78 is -1.19. The molecule has 12 heavy (non-hydrogen) atoms. The first kappa shape index (κ1) is 7.90. The Hall–Kier alpha value is -0.730. The van der Waals surface area contributed by atoms with Gasteiger partial charge in [-0.25, -0.2) is 4.99 Å². The average Bonchev–Trinajstić information content (AvgIpc) is 2.25. The van der Waals surface area contributed by atoms with Crippen molar-refractivity contribution in [3.63, 3.8) is 0 Å². The first-order valence-electron chi connectivity index (χ1n) is 3.44. The molecule has 0 saturated heterocycles. The highest BCUT2D eigenvalue weighted by Gasteiger charge is 2.34. The van der Waals surface area contributed by atoms with Crippen LogP contribution in [0.25, 0.3) is 0 Å². The molecule has 0 fully saturated rings. The molecule has 0 unspecified atom stereocenters. The van der Waals surface area contributed by atoms with Crippen LogP contribution >= 0.6 is 23.2 Å². The van der Waals surface area contributed by atoms with Crippen LogP contribution in [0.3, 0.4) is 0 Å². The van der Waals surface area contributed by atoms with Crippen LogP contribution in [0.15, 0.2) is 29.3 Å². The Labute approximate surface area is 80.0 Å². The smallest absolute Gasteiger partial charge is 0.236 e. The number of amidine groups is 1. The minimum absolute atomic E-state index is 0.399. The molecule has 0 spiro atoms. The Morgan fingerprint density at radius 3 is 2.58 bits per heavy atom. The average molecular weight is 201 g/mol. The second kappa shape index (κ2) is 2.38. The van der Waals surface area contributed by atoms with Crippen molar-refractivity contribution in [2.24, 2.45) is 10.7 Å². The fourth-order valence-electron chi connectivity index (χ4n) is 1.24. The largest absolute Gasteiger partial charge is 0.383 e. The van der Waals surface area contributed by atoms with Crippen LogP contribution in [0.4, 0.5) is 0 Å². The lowest BCUT2D eigenvalue weighted by molar-refractivity contribution is 0.946. The Bertz CT molecular complexity index is 358. The SMILES string of the molecule is NC1=NC(Cl)(Cl)c2ccccc21. The van der Waals surface area contributed by atoms with Gasteiger partial charge < -0.3 is 5.73 Å². The zero-order valence-corrected chi connectivity index (χ0v) is 7.60. The summed E-state index contributed by atoms with van der Waals surface area (Å²) in [6.07, 6.45) is 0. The summed E-state index contributed by atoms with van der Waals surface area (Å²) in [6, 6.07) is 7.39. The number of nitrogens with two attached hydrogens (primary N) is 1. The zero-order chi connectivity index (χ0) is 8.77. The van der Waals surface area contributed by atoms with Crippen molar-refractivity contribution in [1.29, 1.82) is 0 Å². The summed E-state index contributed by atoms with van der Waals surface area (Å²) in [5.74, 6) is 0.399. The van der Waals surface area contributed by atoms with Gasteiger partial charge in [-0.15, -0.1) is 0 Å². The lowest BCUT2D eigenvalue weighted by atomic mass is 10.1. The van der Waals surface area contributed by atoms with E-state index >= 15 is 0 Å². The van der Waals surface area contributed by atoms with Crippen LogP contribution in [-0.2, 0) is 4.46 Å². The van der Waals surface area contributed by atoms with Gasteiger partial charge in [0.05, 0.1) is 0 Å². The maximum atomic E-state index is 5.89. The molecule has 1 aromatic carbocycles. The maximum Gasteiger partial charge on any atom is 0.236 e. The number of halogens is 2. The number of benzene rings is 1. The highest BCUT2D eigenvalue weighted by atomic mass is 35.5. The fraction of sp³-hybridized carbons (Fsp3) is 0.125. The number of alkyl halides is 2. The van der Waals surface area contributed by atoms with E-state index in [0.717, 1.165) is 11.1 Å². The van der Waals surface area contributed by atoms with Gasteiger partial charge >= 0.3 is 0 Å². The van der Waals surface area contributed by atoms with Gasteiger partial charge in [0.1, 0.15) is 5.84 Å². The van der Waals surface area contributed by atoms with E-state index in [-0.39, 0.29) is 0 Å². The summed E-state index contributed by atoms with van der Waals surface area (Å²) in [4.78, 5) is 3.91. The van der Waals surface area contributed by atoms with Crippen molar-refractivity contribution in [2.45, 2.75) is 4.46 Å². The third kappa shape index (κ3) is 0.993. The quantitative estimate of drug-likeness (QED) is 0.505. The maximum absolute atomic E-state index is 5.89. The molecule has 0 radical (unpaired) electrons.